The van der Waals surface area contributed by atoms with Gasteiger partial charge in [-0.2, -0.15) is 0 Å². The number of nitrogens with zero attached hydrogens (tertiary/aromatic N) is 2. The van der Waals surface area contributed by atoms with Gasteiger partial charge < -0.3 is 9.88 Å². The lowest BCUT2D eigenvalue weighted by Crippen LogP contribution is -2.36. The van der Waals surface area contributed by atoms with Gasteiger partial charge in [0.05, 0.1) is 5.69 Å². The fourth-order valence-electron chi connectivity index (χ4n) is 5.82. The van der Waals surface area contributed by atoms with Crippen LogP contribution in [0.15, 0.2) is 4.79 Å². The normalized spacial score (nSPS) is 37.3. The summed E-state index contributed by atoms with van der Waals surface area (Å²) in [5.41, 5.74) is 1.64. The molecule has 4 atom stereocenters. The second kappa shape index (κ2) is 4.68. The van der Waals surface area contributed by atoms with Crippen molar-refractivity contribution in [1.82, 2.24) is 14.9 Å². The van der Waals surface area contributed by atoms with Gasteiger partial charge in [-0.3, -0.25) is 9.59 Å². The topological polar surface area (TPSA) is 66.1 Å². The van der Waals surface area contributed by atoms with Crippen molar-refractivity contribution in [1.29, 1.82) is 0 Å². The van der Waals surface area contributed by atoms with Crippen LogP contribution in [0.4, 0.5) is 0 Å². The molecule has 0 spiro atoms. The summed E-state index contributed by atoms with van der Waals surface area (Å²) in [6.07, 6.45) is 5.42. The first-order chi connectivity index (χ1) is 11.1. The Kier molecular flexibility index (Phi) is 2.80. The van der Waals surface area contributed by atoms with Crippen molar-refractivity contribution in [3.8, 4) is 0 Å². The van der Waals surface area contributed by atoms with Crippen LogP contribution < -0.4 is 5.56 Å². The Bertz CT molecular complexity index is 724. The van der Waals surface area contributed by atoms with E-state index in [2.05, 4.69) is 9.97 Å². The number of aromatic amines is 1. The Morgan fingerprint density at radius 3 is 2.61 bits per heavy atom. The number of hydrogen-bond donors (Lipinski definition) is 1. The zero-order chi connectivity index (χ0) is 15.7. The summed E-state index contributed by atoms with van der Waals surface area (Å²) in [4.78, 5) is 34.4. The molecule has 4 aliphatic rings. The molecule has 0 aromatic carbocycles. The summed E-state index contributed by atoms with van der Waals surface area (Å²) in [5, 5.41) is 0. The van der Waals surface area contributed by atoms with Crippen LogP contribution >= 0.6 is 0 Å². The van der Waals surface area contributed by atoms with Crippen LogP contribution in [0, 0.1) is 36.5 Å². The number of aromatic nitrogens is 2. The monoisotopic (exact) mass is 313 g/mol. The van der Waals surface area contributed by atoms with Gasteiger partial charge >= 0.3 is 0 Å². The SMILES string of the molecule is Cc1nc2c(c(=O)[nH]1)CCN(C(=O)C1[C@@H]3[C@@H]4CC[C@H](C4)[C@@H]13)CC2. The van der Waals surface area contributed by atoms with Crippen molar-refractivity contribution in [2.75, 3.05) is 13.1 Å². The van der Waals surface area contributed by atoms with Crippen LogP contribution in [0.3, 0.4) is 0 Å². The van der Waals surface area contributed by atoms with E-state index in [0.717, 1.165) is 23.1 Å². The minimum Gasteiger partial charge on any atom is -0.342 e. The fraction of sp³-hybridized carbons (Fsp3) is 0.722. The third kappa shape index (κ3) is 1.95. The van der Waals surface area contributed by atoms with E-state index in [-0.39, 0.29) is 5.56 Å². The molecule has 0 saturated heterocycles. The standard InChI is InChI=1S/C18H23N3O2/c1-9-19-13-5-7-21(6-4-12(13)17(22)20-9)18(23)16-14-10-2-3-11(8-10)15(14)16/h10-11,14-16H,2-8H2,1H3,(H,19,20,22)/t10-,11-,14-,15-/m1/s1. The van der Waals surface area contributed by atoms with E-state index in [9.17, 15) is 9.59 Å². The van der Waals surface area contributed by atoms with Crippen molar-refractivity contribution in [3.63, 3.8) is 0 Å². The van der Waals surface area contributed by atoms with Crippen LogP contribution in [0.5, 0.6) is 0 Å². The number of amides is 1. The zero-order valence-electron chi connectivity index (χ0n) is 13.5. The summed E-state index contributed by atoms with van der Waals surface area (Å²) in [7, 11) is 0. The molecule has 5 heteroatoms. The zero-order valence-corrected chi connectivity index (χ0v) is 13.5. The summed E-state index contributed by atoms with van der Waals surface area (Å²) >= 11 is 0. The van der Waals surface area contributed by atoms with Crippen molar-refractivity contribution >= 4 is 5.91 Å². The maximum atomic E-state index is 13.0. The maximum absolute atomic E-state index is 13.0. The molecule has 5 nitrogen and oxygen atoms in total. The minimum atomic E-state index is -0.0249. The van der Waals surface area contributed by atoms with Crippen molar-refractivity contribution in [2.45, 2.75) is 39.0 Å². The Morgan fingerprint density at radius 2 is 1.87 bits per heavy atom. The number of carbonyl (C=O) groups excluding carboxylic acids is 1. The molecule has 3 fully saturated rings. The molecule has 0 radical (unpaired) electrons. The van der Waals surface area contributed by atoms with E-state index in [1.54, 1.807) is 0 Å². The van der Waals surface area contributed by atoms with Gasteiger partial charge in [-0.05, 0) is 56.3 Å². The van der Waals surface area contributed by atoms with Gasteiger partial charge in [-0.25, -0.2) is 4.98 Å². The number of aryl methyl sites for hydroxylation is 1. The third-order valence-corrected chi connectivity index (χ3v) is 6.80. The molecule has 2 bridgehead atoms. The highest BCUT2D eigenvalue weighted by molar-refractivity contribution is 5.83. The summed E-state index contributed by atoms with van der Waals surface area (Å²) in [5.74, 6) is 4.37. The van der Waals surface area contributed by atoms with Crippen molar-refractivity contribution in [3.05, 3.63) is 27.4 Å². The predicted octanol–water partition coefficient (Wildman–Crippen LogP) is 1.30. The predicted molar refractivity (Wildman–Crippen MR) is 84.9 cm³/mol. The number of nitrogens with one attached hydrogen (secondary N) is 1. The van der Waals surface area contributed by atoms with Crippen molar-refractivity contribution in [2.24, 2.45) is 29.6 Å². The maximum Gasteiger partial charge on any atom is 0.254 e. The fourth-order valence-corrected chi connectivity index (χ4v) is 5.82. The van der Waals surface area contributed by atoms with Crippen LogP contribution in [0.2, 0.25) is 0 Å². The van der Waals surface area contributed by atoms with Crippen LogP contribution in [0.25, 0.3) is 0 Å². The van der Waals surface area contributed by atoms with Gasteiger partial charge in [0.2, 0.25) is 5.91 Å². The molecule has 3 saturated carbocycles. The lowest BCUT2D eigenvalue weighted by Gasteiger charge is -2.22. The molecule has 2 heterocycles. The van der Waals surface area contributed by atoms with Gasteiger partial charge in [-0.15, -0.1) is 0 Å². The molecule has 0 unspecified atom stereocenters. The number of H-pyrrole nitrogens is 1. The quantitative estimate of drug-likeness (QED) is 0.850. The van der Waals surface area contributed by atoms with E-state index >= 15 is 0 Å². The molecular formula is C18H23N3O2. The number of fused-ring (bicyclic) bond motifs is 6. The van der Waals surface area contributed by atoms with Gasteiger partial charge in [-0.1, -0.05) is 0 Å². The van der Waals surface area contributed by atoms with Gasteiger partial charge in [0.1, 0.15) is 5.82 Å². The Morgan fingerprint density at radius 1 is 1.17 bits per heavy atom. The summed E-state index contributed by atoms with van der Waals surface area (Å²) in [6, 6.07) is 0. The second-order valence-corrected chi connectivity index (χ2v) is 7.92. The van der Waals surface area contributed by atoms with Crippen LogP contribution in [-0.4, -0.2) is 33.9 Å². The molecule has 1 N–H and O–H groups in total. The second-order valence-electron chi connectivity index (χ2n) is 7.92. The average Bonchev–Trinajstić information content (AvgIpc) is 3.06. The summed E-state index contributed by atoms with van der Waals surface area (Å²) in [6.45, 7) is 3.20. The molecule has 23 heavy (non-hydrogen) atoms. The molecular weight excluding hydrogens is 290 g/mol. The first-order valence-corrected chi connectivity index (χ1v) is 9.01. The van der Waals surface area contributed by atoms with E-state index in [1.807, 2.05) is 11.8 Å². The highest BCUT2D eigenvalue weighted by Crippen LogP contribution is 2.69. The van der Waals surface area contributed by atoms with E-state index in [1.165, 1.54) is 19.3 Å². The average molecular weight is 313 g/mol. The summed E-state index contributed by atoms with van der Waals surface area (Å²) < 4.78 is 0. The molecule has 3 aliphatic carbocycles. The minimum absolute atomic E-state index is 0.0249. The van der Waals surface area contributed by atoms with E-state index < -0.39 is 0 Å². The molecule has 1 aromatic heterocycles. The van der Waals surface area contributed by atoms with Crippen LogP contribution in [0.1, 0.15) is 36.3 Å². The highest BCUT2D eigenvalue weighted by Gasteiger charge is 2.67. The first kappa shape index (κ1) is 13.8. The molecule has 122 valence electrons. The van der Waals surface area contributed by atoms with E-state index in [0.29, 0.717) is 55.4 Å². The number of rotatable bonds is 1. The lowest BCUT2D eigenvalue weighted by molar-refractivity contribution is -0.133. The van der Waals surface area contributed by atoms with Crippen LogP contribution in [-0.2, 0) is 17.6 Å². The Hall–Kier alpha value is -1.65. The van der Waals surface area contributed by atoms with Gasteiger partial charge in [0.15, 0.2) is 0 Å². The van der Waals surface area contributed by atoms with Gasteiger partial charge in [0, 0.05) is 31.0 Å². The van der Waals surface area contributed by atoms with Gasteiger partial charge in [0.25, 0.3) is 5.56 Å². The lowest BCUT2D eigenvalue weighted by atomic mass is 10.0. The van der Waals surface area contributed by atoms with E-state index in [4.69, 9.17) is 0 Å². The number of carbonyl (C=O) groups is 1. The largest absolute Gasteiger partial charge is 0.342 e. The molecule has 1 amide bonds. The number of hydrogen-bond acceptors (Lipinski definition) is 3. The Labute approximate surface area is 135 Å². The highest BCUT2D eigenvalue weighted by atomic mass is 16.2. The third-order valence-electron chi connectivity index (χ3n) is 6.80. The van der Waals surface area contributed by atoms with Crippen molar-refractivity contribution < 1.29 is 4.79 Å². The first-order valence-electron chi connectivity index (χ1n) is 9.01. The molecule has 1 aromatic rings. The molecule has 5 rings (SSSR count). The smallest absolute Gasteiger partial charge is 0.254 e. The Balaban J connectivity index is 1.33. The molecule has 1 aliphatic heterocycles.